The van der Waals surface area contributed by atoms with E-state index in [0.29, 0.717) is 27.9 Å². The standard InChI is InChI=1S/C22H15NO2/c23-20-8-4-1-5-15(20)11-9-14-10-12-18-19(13-14)22(25)17-7-3-2-6-16(17)21(18)24/h1-13H,23H2. The van der Waals surface area contributed by atoms with Crippen LogP contribution in [0.25, 0.3) is 12.2 Å². The third-order valence-corrected chi connectivity index (χ3v) is 4.40. The highest BCUT2D eigenvalue weighted by Crippen LogP contribution is 2.28. The van der Waals surface area contributed by atoms with Crippen molar-refractivity contribution >= 4 is 29.4 Å². The number of nitrogens with two attached hydrogens (primary N) is 1. The van der Waals surface area contributed by atoms with Crippen molar-refractivity contribution in [3.05, 3.63) is 100 Å². The molecule has 3 aromatic rings. The van der Waals surface area contributed by atoms with Gasteiger partial charge in [0, 0.05) is 27.9 Å². The number of para-hydroxylation sites is 1. The van der Waals surface area contributed by atoms with Crippen LogP contribution in [0.5, 0.6) is 0 Å². The number of rotatable bonds is 2. The van der Waals surface area contributed by atoms with Gasteiger partial charge < -0.3 is 5.73 Å². The van der Waals surface area contributed by atoms with Crippen LogP contribution in [0.15, 0.2) is 66.7 Å². The summed E-state index contributed by atoms with van der Waals surface area (Å²) in [6, 6.07) is 19.8. The van der Waals surface area contributed by atoms with Crippen molar-refractivity contribution in [3.63, 3.8) is 0 Å². The number of anilines is 1. The van der Waals surface area contributed by atoms with E-state index in [2.05, 4.69) is 0 Å². The molecule has 3 heteroatoms. The Morgan fingerprint density at radius 1 is 0.640 bits per heavy atom. The number of carbonyl (C=O) groups is 2. The molecule has 2 N–H and O–H groups in total. The first-order chi connectivity index (χ1) is 12.1. The van der Waals surface area contributed by atoms with Crippen LogP contribution in [0.2, 0.25) is 0 Å². The van der Waals surface area contributed by atoms with Gasteiger partial charge in [-0.1, -0.05) is 60.7 Å². The molecule has 0 saturated heterocycles. The summed E-state index contributed by atoms with van der Waals surface area (Å²) < 4.78 is 0. The van der Waals surface area contributed by atoms with Gasteiger partial charge >= 0.3 is 0 Å². The third-order valence-electron chi connectivity index (χ3n) is 4.40. The number of fused-ring (bicyclic) bond motifs is 2. The minimum atomic E-state index is -0.111. The molecule has 0 unspecified atom stereocenters. The van der Waals surface area contributed by atoms with E-state index in [0.717, 1.165) is 11.1 Å². The van der Waals surface area contributed by atoms with Crippen LogP contribution in [0, 0.1) is 0 Å². The minimum absolute atomic E-state index is 0.104. The van der Waals surface area contributed by atoms with Gasteiger partial charge in [0.15, 0.2) is 11.6 Å². The van der Waals surface area contributed by atoms with Gasteiger partial charge in [-0.05, 0) is 29.3 Å². The molecule has 0 amide bonds. The molecule has 0 bridgehead atoms. The first-order valence-electron chi connectivity index (χ1n) is 8.00. The van der Waals surface area contributed by atoms with E-state index in [1.807, 2.05) is 42.5 Å². The summed E-state index contributed by atoms with van der Waals surface area (Å²) in [5.41, 5.74) is 10.2. The molecule has 0 aliphatic heterocycles. The molecule has 0 spiro atoms. The molecule has 0 atom stereocenters. The molecule has 1 aliphatic rings. The van der Waals surface area contributed by atoms with Gasteiger partial charge in [-0.25, -0.2) is 0 Å². The molecule has 4 rings (SSSR count). The van der Waals surface area contributed by atoms with Crippen molar-refractivity contribution in [2.75, 3.05) is 5.73 Å². The van der Waals surface area contributed by atoms with Crippen molar-refractivity contribution in [1.82, 2.24) is 0 Å². The number of benzene rings is 3. The highest BCUT2D eigenvalue weighted by molar-refractivity contribution is 6.28. The second kappa shape index (κ2) is 5.87. The Morgan fingerprint density at radius 3 is 1.96 bits per heavy atom. The van der Waals surface area contributed by atoms with Crippen LogP contribution in [0.1, 0.15) is 43.0 Å². The van der Waals surface area contributed by atoms with E-state index in [9.17, 15) is 9.59 Å². The van der Waals surface area contributed by atoms with E-state index < -0.39 is 0 Å². The normalized spacial score (nSPS) is 13.0. The summed E-state index contributed by atoms with van der Waals surface area (Å²) >= 11 is 0. The second-order valence-corrected chi connectivity index (χ2v) is 5.97. The Hall–Kier alpha value is -3.46. The number of carbonyl (C=O) groups excluding carboxylic acids is 2. The first-order valence-corrected chi connectivity index (χ1v) is 8.00. The topological polar surface area (TPSA) is 60.2 Å². The van der Waals surface area contributed by atoms with Crippen LogP contribution in [-0.2, 0) is 0 Å². The summed E-state index contributed by atoms with van der Waals surface area (Å²) in [5.74, 6) is -0.215. The monoisotopic (exact) mass is 325 g/mol. The number of hydrogen-bond donors (Lipinski definition) is 1. The van der Waals surface area contributed by atoms with Crippen molar-refractivity contribution in [2.45, 2.75) is 0 Å². The molecule has 0 aromatic heterocycles. The van der Waals surface area contributed by atoms with Crippen LogP contribution < -0.4 is 5.73 Å². The summed E-state index contributed by atoms with van der Waals surface area (Å²) in [6.07, 6.45) is 3.80. The Kier molecular flexibility index (Phi) is 3.55. The maximum absolute atomic E-state index is 12.7. The highest BCUT2D eigenvalue weighted by atomic mass is 16.1. The van der Waals surface area contributed by atoms with E-state index in [1.165, 1.54) is 0 Å². The van der Waals surface area contributed by atoms with Gasteiger partial charge in [0.1, 0.15) is 0 Å². The van der Waals surface area contributed by atoms with Crippen LogP contribution in [0.3, 0.4) is 0 Å². The van der Waals surface area contributed by atoms with Gasteiger partial charge in [-0.3, -0.25) is 9.59 Å². The maximum Gasteiger partial charge on any atom is 0.194 e. The predicted octanol–water partition coefficient (Wildman–Crippen LogP) is 4.21. The molecule has 120 valence electrons. The van der Waals surface area contributed by atoms with Crippen molar-refractivity contribution < 1.29 is 9.59 Å². The SMILES string of the molecule is Nc1ccccc1C=Cc1ccc2c(c1)C(=O)c1ccccc1C2=O. The van der Waals surface area contributed by atoms with Gasteiger partial charge in [0.25, 0.3) is 0 Å². The second-order valence-electron chi connectivity index (χ2n) is 5.97. The Labute approximate surface area is 145 Å². The summed E-state index contributed by atoms with van der Waals surface area (Å²) in [5, 5.41) is 0. The van der Waals surface area contributed by atoms with Gasteiger partial charge in [0.05, 0.1) is 0 Å². The summed E-state index contributed by atoms with van der Waals surface area (Å²) in [7, 11) is 0. The molecule has 0 fully saturated rings. The molecule has 1 aliphatic carbocycles. The predicted molar refractivity (Wildman–Crippen MR) is 99.5 cm³/mol. The van der Waals surface area contributed by atoms with Crippen LogP contribution in [-0.4, -0.2) is 11.6 Å². The smallest absolute Gasteiger partial charge is 0.194 e. The molecular weight excluding hydrogens is 310 g/mol. The lowest BCUT2D eigenvalue weighted by atomic mass is 9.83. The summed E-state index contributed by atoms with van der Waals surface area (Å²) in [6.45, 7) is 0. The first kappa shape index (κ1) is 15.1. The van der Waals surface area contributed by atoms with Crippen molar-refractivity contribution in [1.29, 1.82) is 0 Å². The number of nitrogen functional groups attached to an aromatic ring is 1. The van der Waals surface area contributed by atoms with Gasteiger partial charge in [0.2, 0.25) is 0 Å². The van der Waals surface area contributed by atoms with Crippen LogP contribution in [0.4, 0.5) is 5.69 Å². The third kappa shape index (κ3) is 2.56. The highest BCUT2D eigenvalue weighted by Gasteiger charge is 2.29. The Bertz CT molecular complexity index is 1050. The van der Waals surface area contributed by atoms with E-state index in [4.69, 9.17) is 5.73 Å². The summed E-state index contributed by atoms with van der Waals surface area (Å²) in [4.78, 5) is 25.3. The Morgan fingerprint density at radius 2 is 1.24 bits per heavy atom. The fourth-order valence-electron chi connectivity index (χ4n) is 3.07. The Balaban J connectivity index is 1.75. The molecule has 0 radical (unpaired) electrons. The molecule has 0 heterocycles. The molecule has 0 saturated carbocycles. The molecular formula is C22H15NO2. The average Bonchev–Trinajstić information content (AvgIpc) is 2.65. The lowest BCUT2D eigenvalue weighted by Crippen LogP contribution is -2.20. The average molecular weight is 325 g/mol. The fraction of sp³-hybridized carbons (Fsp3) is 0. The zero-order valence-corrected chi connectivity index (χ0v) is 13.4. The number of hydrogen-bond acceptors (Lipinski definition) is 3. The van der Waals surface area contributed by atoms with Crippen molar-refractivity contribution in [2.24, 2.45) is 0 Å². The lowest BCUT2D eigenvalue weighted by molar-refractivity contribution is 0.0979. The van der Waals surface area contributed by atoms with Crippen LogP contribution >= 0.6 is 0 Å². The maximum atomic E-state index is 12.7. The van der Waals surface area contributed by atoms with Gasteiger partial charge in [-0.2, -0.15) is 0 Å². The quantitative estimate of drug-likeness (QED) is 0.443. The van der Waals surface area contributed by atoms with E-state index in [1.54, 1.807) is 36.4 Å². The minimum Gasteiger partial charge on any atom is -0.398 e. The van der Waals surface area contributed by atoms with E-state index in [-0.39, 0.29) is 11.6 Å². The fourth-order valence-corrected chi connectivity index (χ4v) is 3.07. The molecule has 3 nitrogen and oxygen atoms in total. The van der Waals surface area contributed by atoms with E-state index >= 15 is 0 Å². The molecule has 25 heavy (non-hydrogen) atoms. The molecule has 3 aromatic carbocycles. The zero-order valence-electron chi connectivity index (χ0n) is 13.4. The number of ketones is 2. The zero-order chi connectivity index (χ0) is 17.4. The van der Waals surface area contributed by atoms with Crippen molar-refractivity contribution in [3.8, 4) is 0 Å². The largest absolute Gasteiger partial charge is 0.398 e. The van der Waals surface area contributed by atoms with Gasteiger partial charge in [-0.15, -0.1) is 0 Å². The lowest BCUT2D eigenvalue weighted by Gasteiger charge is -2.17.